The molecule has 3 aromatic rings. The van der Waals surface area contributed by atoms with Gasteiger partial charge in [-0.15, -0.1) is 0 Å². The molecule has 3 aromatic carbocycles. The summed E-state index contributed by atoms with van der Waals surface area (Å²) in [5.74, 6) is 0. The van der Waals surface area contributed by atoms with Crippen molar-refractivity contribution < 1.29 is 0 Å². The first-order valence-corrected chi connectivity index (χ1v) is 7.04. The predicted octanol–water partition coefficient (Wildman–Crippen LogP) is 4.73. The molecule has 0 saturated carbocycles. The van der Waals surface area contributed by atoms with Crippen LogP contribution < -0.4 is 5.73 Å². The Hall–Kier alpha value is -1.64. The highest BCUT2D eigenvalue weighted by molar-refractivity contribution is 9.10. The maximum Gasteiger partial charge on any atom is 0.0181 e. The van der Waals surface area contributed by atoms with Crippen molar-refractivity contribution in [2.45, 2.75) is 6.54 Å². The van der Waals surface area contributed by atoms with Crippen molar-refractivity contribution in [3.05, 3.63) is 70.7 Å². The number of rotatable bonds is 2. The summed E-state index contributed by atoms with van der Waals surface area (Å²) in [6.07, 6.45) is 0. The van der Waals surface area contributed by atoms with Gasteiger partial charge >= 0.3 is 0 Å². The van der Waals surface area contributed by atoms with Crippen LogP contribution in [0.4, 0.5) is 0 Å². The third kappa shape index (κ3) is 2.55. The molecule has 0 fully saturated rings. The zero-order valence-corrected chi connectivity index (χ0v) is 12.0. The minimum absolute atomic E-state index is 0.578. The fraction of sp³-hybridized carbons (Fsp3) is 0.0588. The van der Waals surface area contributed by atoms with Gasteiger partial charge in [-0.1, -0.05) is 52.3 Å². The van der Waals surface area contributed by atoms with Crippen LogP contribution in [0.25, 0.3) is 21.9 Å². The number of hydrogen-bond acceptors (Lipinski definition) is 1. The molecule has 19 heavy (non-hydrogen) atoms. The van der Waals surface area contributed by atoms with E-state index < -0.39 is 0 Å². The minimum atomic E-state index is 0.578. The summed E-state index contributed by atoms with van der Waals surface area (Å²) < 4.78 is 1.11. The smallest absolute Gasteiger partial charge is 0.0181 e. The first-order valence-electron chi connectivity index (χ1n) is 6.25. The Balaban J connectivity index is 2.12. The Kier molecular flexibility index (Phi) is 3.36. The number of hydrogen-bond donors (Lipinski definition) is 1. The first-order chi connectivity index (χ1) is 9.26. The summed E-state index contributed by atoms with van der Waals surface area (Å²) in [5.41, 5.74) is 9.30. The summed E-state index contributed by atoms with van der Waals surface area (Å²) in [5, 5.41) is 2.49. The maximum atomic E-state index is 5.70. The van der Waals surface area contributed by atoms with Gasteiger partial charge < -0.3 is 5.73 Å². The second kappa shape index (κ2) is 5.16. The average Bonchev–Trinajstić information content (AvgIpc) is 2.46. The fourth-order valence-corrected chi connectivity index (χ4v) is 2.65. The number of nitrogens with two attached hydrogens (primary N) is 1. The molecular weight excluding hydrogens is 298 g/mol. The lowest BCUT2D eigenvalue weighted by molar-refractivity contribution is 1.07. The highest BCUT2D eigenvalue weighted by Crippen LogP contribution is 2.26. The molecular formula is C17H14BrN. The van der Waals surface area contributed by atoms with Crippen LogP contribution in [0.1, 0.15) is 5.56 Å². The molecule has 0 spiro atoms. The quantitative estimate of drug-likeness (QED) is 0.727. The van der Waals surface area contributed by atoms with Crippen LogP contribution in [0.15, 0.2) is 65.1 Å². The van der Waals surface area contributed by atoms with Crippen LogP contribution in [-0.4, -0.2) is 0 Å². The van der Waals surface area contributed by atoms with E-state index in [0.29, 0.717) is 6.54 Å². The average molecular weight is 312 g/mol. The zero-order chi connectivity index (χ0) is 13.2. The van der Waals surface area contributed by atoms with Gasteiger partial charge in [-0.05, 0) is 51.7 Å². The number of halogens is 1. The van der Waals surface area contributed by atoms with Gasteiger partial charge in [-0.3, -0.25) is 0 Å². The molecule has 2 N–H and O–H groups in total. The van der Waals surface area contributed by atoms with E-state index in [1.165, 1.54) is 21.9 Å². The summed E-state index contributed by atoms with van der Waals surface area (Å²) >= 11 is 3.50. The first kappa shape index (κ1) is 12.4. The van der Waals surface area contributed by atoms with Crippen LogP contribution in [0.5, 0.6) is 0 Å². The molecule has 1 nitrogen and oxygen atoms in total. The molecule has 0 bridgehead atoms. The molecule has 0 saturated heterocycles. The Morgan fingerprint density at radius 3 is 2.37 bits per heavy atom. The van der Waals surface area contributed by atoms with E-state index in [4.69, 9.17) is 5.73 Å². The molecule has 3 rings (SSSR count). The van der Waals surface area contributed by atoms with Gasteiger partial charge in [-0.25, -0.2) is 0 Å². The predicted molar refractivity (Wildman–Crippen MR) is 85.0 cm³/mol. The van der Waals surface area contributed by atoms with Gasteiger partial charge in [0.2, 0.25) is 0 Å². The molecule has 94 valence electrons. The van der Waals surface area contributed by atoms with Gasteiger partial charge in [0.05, 0.1) is 0 Å². The van der Waals surface area contributed by atoms with Gasteiger partial charge in [0, 0.05) is 11.0 Å². The van der Waals surface area contributed by atoms with E-state index in [0.717, 1.165) is 10.0 Å². The molecule has 0 unspecified atom stereocenters. The normalized spacial score (nSPS) is 10.8. The third-order valence-electron chi connectivity index (χ3n) is 3.30. The lowest BCUT2D eigenvalue weighted by Crippen LogP contribution is -1.95. The van der Waals surface area contributed by atoms with Crippen molar-refractivity contribution in [2.75, 3.05) is 0 Å². The SMILES string of the molecule is NCc1cccc(-c2ccc3cc(Br)ccc3c2)c1. The second-order valence-corrected chi connectivity index (χ2v) is 5.53. The van der Waals surface area contributed by atoms with Crippen LogP contribution in [0.2, 0.25) is 0 Å². The molecule has 0 atom stereocenters. The molecule has 0 radical (unpaired) electrons. The highest BCUT2D eigenvalue weighted by atomic mass is 79.9. The Labute approximate surface area is 121 Å². The van der Waals surface area contributed by atoms with Crippen LogP contribution in [0, 0.1) is 0 Å². The summed E-state index contributed by atoms with van der Waals surface area (Å²) in [4.78, 5) is 0. The molecule has 0 amide bonds. The summed E-state index contributed by atoms with van der Waals surface area (Å²) in [6.45, 7) is 0.578. The van der Waals surface area contributed by atoms with Crippen molar-refractivity contribution in [3.63, 3.8) is 0 Å². The van der Waals surface area contributed by atoms with Crippen molar-refractivity contribution in [1.82, 2.24) is 0 Å². The molecule has 0 aromatic heterocycles. The minimum Gasteiger partial charge on any atom is -0.326 e. The lowest BCUT2D eigenvalue weighted by Gasteiger charge is -2.06. The van der Waals surface area contributed by atoms with Crippen molar-refractivity contribution in [3.8, 4) is 11.1 Å². The van der Waals surface area contributed by atoms with E-state index in [2.05, 4.69) is 76.6 Å². The van der Waals surface area contributed by atoms with Crippen molar-refractivity contribution in [2.24, 2.45) is 5.73 Å². The topological polar surface area (TPSA) is 26.0 Å². The zero-order valence-electron chi connectivity index (χ0n) is 10.4. The number of fused-ring (bicyclic) bond motifs is 1. The lowest BCUT2D eigenvalue weighted by atomic mass is 10.00. The van der Waals surface area contributed by atoms with Crippen molar-refractivity contribution in [1.29, 1.82) is 0 Å². The Morgan fingerprint density at radius 2 is 1.53 bits per heavy atom. The Morgan fingerprint density at radius 1 is 0.789 bits per heavy atom. The van der Waals surface area contributed by atoms with Gasteiger partial charge in [-0.2, -0.15) is 0 Å². The van der Waals surface area contributed by atoms with Gasteiger partial charge in [0.15, 0.2) is 0 Å². The van der Waals surface area contributed by atoms with E-state index in [1.54, 1.807) is 0 Å². The van der Waals surface area contributed by atoms with Crippen LogP contribution in [0.3, 0.4) is 0 Å². The third-order valence-corrected chi connectivity index (χ3v) is 3.79. The van der Waals surface area contributed by atoms with E-state index in [-0.39, 0.29) is 0 Å². The fourth-order valence-electron chi connectivity index (χ4n) is 2.27. The van der Waals surface area contributed by atoms with Gasteiger partial charge in [0.1, 0.15) is 0 Å². The van der Waals surface area contributed by atoms with E-state index in [9.17, 15) is 0 Å². The summed E-state index contributed by atoms with van der Waals surface area (Å²) in [6, 6.07) is 21.3. The molecule has 0 aliphatic carbocycles. The Bertz CT molecular complexity index is 734. The van der Waals surface area contributed by atoms with Crippen LogP contribution in [-0.2, 0) is 6.54 Å². The molecule has 0 heterocycles. The largest absolute Gasteiger partial charge is 0.326 e. The standard InChI is InChI=1S/C17H14BrN/c18-17-7-6-15-9-14(4-5-16(15)10-17)13-3-1-2-12(8-13)11-19/h1-10H,11,19H2. The molecule has 0 aliphatic rings. The van der Waals surface area contributed by atoms with Gasteiger partial charge in [0.25, 0.3) is 0 Å². The van der Waals surface area contributed by atoms with Crippen LogP contribution >= 0.6 is 15.9 Å². The monoisotopic (exact) mass is 311 g/mol. The molecule has 0 aliphatic heterocycles. The highest BCUT2D eigenvalue weighted by Gasteiger charge is 2.01. The second-order valence-electron chi connectivity index (χ2n) is 4.61. The summed E-state index contributed by atoms with van der Waals surface area (Å²) in [7, 11) is 0. The molecule has 2 heteroatoms. The van der Waals surface area contributed by atoms with E-state index >= 15 is 0 Å². The van der Waals surface area contributed by atoms with E-state index in [1.807, 2.05) is 0 Å². The maximum absolute atomic E-state index is 5.70. The number of benzene rings is 3. The van der Waals surface area contributed by atoms with Crippen molar-refractivity contribution >= 4 is 26.7 Å².